The summed E-state index contributed by atoms with van der Waals surface area (Å²) in [5, 5.41) is 3.36. The van der Waals surface area contributed by atoms with Crippen LogP contribution in [0.3, 0.4) is 0 Å². The third-order valence-corrected chi connectivity index (χ3v) is 3.33. The number of nitrogens with one attached hydrogen (secondary N) is 1. The molecule has 17 heavy (non-hydrogen) atoms. The van der Waals surface area contributed by atoms with Crippen LogP contribution < -0.4 is 5.32 Å². The fraction of sp³-hybridized carbons (Fsp3) is 0.429. The number of rotatable bonds is 8. The van der Waals surface area contributed by atoms with Crippen molar-refractivity contribution >= 4 is 15.9 Å². The van der Waals surface area contributed by atoms with E-state index in [1.807, 2.05) is 6.08 Å². The molecule has 1 rings (SSSR count). The van der Waals surface area contributed by atoms with E-state index in [2.05, 4.69) is 52.9 Å². The maximum Gasteiger partial charge on any atom is 0.0591 e. The van der Waals surface area contributed by atoms with Gasteiger partial charge >= 0.3 is 0 Å². The summed E-state index contributed by atoms with van der Waals surface area (Å²) in [5.74, 6) is 0. The number of aryl methyl sites for hydroxylation is 1. The predicted molar refractivity (Wildman–Crippen MR) is 76.2 cm³/mol. The van der Waals surface area contributed by atoms with Gasteiger partial charge in [0.15, 0.2) is 0 Å². The van der Waals surface area contributed by atoms with Gasteiger partial charge in [-0.1, -0.05) is 34.1 Å². The Morgan fingerprint density at radius 1 is 1.41 bits per heavy atom. The molecule has 0 aliphatic heterocycles. The topological polar surface area (TPSA) is 21.3 Å². The Balaban J connectivity index is 2.13. The Morgan fingerprint density at radius 2 is 2.24 bits per heavy atom. The Morgan fingerprint density at radius 3 is 2.94 bits per heavy atom. The van der Waals surface area contributed by atoms with Gasteiger partial charge in [0.25, 0.3) is 0 Å². The van der Waals surface area contributed by atoms with Crippen molar-refractivity contribution in [3.05, 3.63) is 46.5 Å². The molecule has 0 atom stereocenters. The summed E-state index contributed by atoms with van der Waals surface area (Å²) in [4.78, 5) is 0. The minimum Gasteiger partial charge on any atom is -0.380 e. The summed E-state index contributed by atoms with van der Waals surface area (Å²) in [5.41, 5.74) is 2.57. The largest absolute Gasteiger partial charge is 0.380 e. The summed E-state index contributed by atoms with van der Waals surface area (Å²) in [7, 11) is 0. The quantitative estimate of drug-likeness (QED) is 0.586. The van der Waals surface area contributed by atoms with Crippen LogP contribution in [0, 0.1) is 6.92 Å². The van der Waals surface area contributed by atoms with E-state index in [1.165, 1.54) is 11.1 Å². The van der Waals surface area contributed by atoms with Gasteiger partial charge in [0.1, 0.15) is 0 Å². The molecule has 0 aliphatic rings. The SMILES string of the molecule is C=CCCOCCNCc1ccc(Br)c(C)c1. The van der Waals surface area contributed by atoms with Crippen LogP contribution in [-0.2, 0) is 11.3 Å². The smallest absolute Gasteiger partial charge is 0.0591 e. The summed E-state index contributed by atoms with van der Waals surface area (Å²) < 4.78 is 6.57. The van der Waals surface area contributed by atoms with E-state index in [9.17, 15) is 0 Å². The molecule has 2 nitrogen and oxygen atoms in total. The van der Waals surface area contributed by atoms with Crippen LogP contribution in [0.25, 0.3) is 0 Å². The lowest BCUT2D eigenvalue weighted by Crippen LogP contribution is -2.19. The Labute approximate surface area is 112 Å². The van der Waals surface area contributed by atoms with Gasteiger partial charge < -0.3 is 10.1 Å². The highest BCUT2D eigenvalue weighted by molar-refractivity contribution is 9.10. The molecule has 0 aromatic heterocycles. The third-order valence-electron chi connectivity index (χ3n) is 2.44. The van der Waals surface area contributed by atoms with Crippen LogP contribution in [-0.4, -0.2) is 19.8 Å². The van der Waals surface area contributed by atoms with E-state index < -0.39 is 0 Å². The number of halogens is 1. The molecular formula is C14H20BrNO. The van der Waals surface area contributed by atoms with Crippen LogP contribution >= 0.6 is 15.9 Å². The summed E-state index contributed by atoms with van der Waals surface area (Å²) in [6.07, 6.45) is 2.80. The summed E-state index contributed by atoms with van der Waals surface area (Å²) in [6, 6.07) is 6.41. The molecule has 3 heteroatoms. The zero-order chi connectivity index (χ0) is 12.5. The molecule has 94 valence electrons. The van der Waals surface area contributed by atoms with Crippen molar-refractivity contribution in [2.75, 3.05) is 19.8 Å². The van der Waals surface area contributed by atoms with Gasteiger partial charge in [-0.25, -0.2) is 0 Å². The van der Waals surface area contributed by atoms with Crippen LogP contribution in [0.1, 0.15) is 17.5 Å². The summed E-state index contributed by atoms with van der Waals surface area (Å²) >= 11 is 3.50. The lowest BCUT2D eigenvalue weighted by molar-refractivity contribution is 0.140. The van der Waals surface area contributed by atoms with Crippen molar-refractivity contribution in [2.45, 2.75) is 19.9 Å². The van der Waals surface area contributed by atoms with E-state index in [0.29, 0.717) is 0 Å². The maximum atomic E-state index is 5.41. The molecule has 0 saturated carbocycles. The first-order chi connectivity index (χ1) is 8.24. The molecule has 0 aliphatic carbocycles. The molecule has 0 spiro atoms. The molecule has 0 unspecified atom stereocenters. The Bertz CT molecular complexity index is 352. The van der Waals surface area contributed by atoms with Crippen LogP contribution in [0.5, 0.6) is 0 Å². The first-order valence-electron chi connectivity index (χ1n) is 5.88. The molecule has 0 saturated heterocycles. The molecule has 0 fully saturated rings. The van der Waals surface area contributed by atoms with Gasteiger partial charge in [0.05, 0.1) is 13.2 Å². The highest BCUT2D eigenvalue weighted by atomic mass is 79.9. The van der Waals surface area contributed by atoms with E-state index in [-0.39, 0.29) is 0 Å². The average molecular weight is 298 g/mol. The second-order valence-corrected chi connectivity index (χ2v) is 4.80. The number of benzene rings is 1. The van der Waals surface area contributed by atoms with E-state index >= 15 is 0 Å². The molecular weight excluding hydrogens is 278 g/mol. The first-order valence-corrected chi connectivity index (χ1v) is 6.67. The molecule has 0 bridgehead atoms. The van der Waals surface area contributed by atoms with Gasteiger partial charge in [-0.2, -0.15) is 0 Å². The van der Waals surface area contributed by atoms with Crippen molar-refractivity contribution < 1.29 is 4.74 Å². The standard InChI is InChI=1S/C14H20BrNO/c1-3-4-8-17-9-7-16-11-13-5-6-14(15)12(2)10-13/h3,5-6,10,16H,1,4,7-9,11H2,2H3. The molecule has 1 N–H and O–H groups in total. The van der Waals surface area contributed by atoms with Gasteiger partial charge in [-0.3, -0.25) is 0 Å². The van der Waals surface area contributed by atoms with E-state index in [4.69, 9.17) is 4.74 Å². The Hall–Kier alpha value is -0.640. The minimum absolute atomic E-state index is 0.753. The Kier molecular flexibility index (Phi) is 7.17. The summed E-state index contributed by atoms with van der Waals surface area (Å²) in [6.45, 7) is 9.04. The highest BCUT2D eigenvalue weighted by Crippen LogP contribution is 2.16. The molecule has 0 radical (unpaired) electrons. The maximum absolute atomic E-state index is 5.41. The number of ether oxygens (including phenoxy) is 1. The van der Waals surface area contributed by atoms with Gasteiger partial charge in [0, 0.05) is 17.6 Å². The average Bonchev–Trinajstić information content (AvgIpc) is 2.32. The molecule has 1 aromatic carbocycles. The van der Waals surface area contributed by atoms with Gasteiger partial charge in [-0.15, -0.1) is 6.58 Å². The van der Waals surface area contributed by atoms with E-state index in [1.54, 1.807) is 0 Å². The molecule has 1 aromatic rings. The lowest BCUT2D eigenvalue weighted by Gasteiger charge is -2.07. The van der Waals surface area contributed by atoms with Crippen molar-refractivity contribution in [3.63, 3.8) is 0 Å². The van der Waals surface area contributed by atoms with Crippen molar-refractivity contribution in [1.29, 1.82) is 0 Å². The molecule has 0 heterocycles. The second kappa shape index (κ2) is 8.45. The molecule has 0 amide bonds. The predicted octanol–water partition coefficient (Wildman–Crippen LogP) is 3.44. The van der Waals surface area contributed by atoms with Crippen LogP contribution in [0.2, 0.25) is 0 Å². The van der Waals surface area contributed by atoms with E-state index in [0.717, 1.165) is 37.2 Å². The van der Waals surface area contributed by atoms with Crippen molar-refractivity contribution in [1.82, 2.24) is 5.32 Å². The van der Waals surface area contributed by atoms with Crippen LogP contribution in [0.4, 0.5) is 0 Å². The highest BCUT2D eigenvalue weighted by Gasteiger charge is 1.97. The lowest BCUT2D eigenvalue weighted by atomic mass is 10.1. The number of hydrogen-bond acceptors (Lipinski definition) is 2. The second-order valence-electron chi connectivity index (χ2n) is 3.95. The van der Waals surface area contributed by atoms with Crippen molar-refractivity contribution in [2.24, 2.45) is 0 Å². The zero-order valence-corrected chi connectivity index (χ0v) is 11.9. The number of hydrogen-bond donors (Lipinski definition) is 1. The third kappa shape index (κ3) is 6.01. The zero-order valence-electron chi connectivity index (χ0n) is 10.3. The fourth-order valence-electron chi connectivity index (χ4n) is 1.46. The van der Waals surface area contributed by atoms with Crippen LogP contribution in [0.15, 0.2) is 35.3 Å². The van der Waals surface area contributed by atoms with Crippen molar-refractivity contribution in [3.8, 4) is 0 Å². The minimum atomic E-state index is 0.753. The first kappa shape index (κ1) is 14.4. The van der Waals surface area contributed by atoms with Gasteiger partial charge in [0.2, 0.25) is 0 Å². The monoisotopic (exact) mass is 297 g/mol. The normalized spacial score (nSPS) is 10.5. The van der Waals surface area contributed by atoms with Gasteiger partial charge in [-0.05, 0) is 30.5 Å². The fourth-order valence-corrected chi connectivity index (χ4v) is 1.71.